The van der Waals surface area contributed by atoms with E-state index >= 15 is 0 Å². The zero-order valence-electron chi connectivity index (χ0n) is 42.4. The molecule has 0 aliphatic carbocycles. The first-order valence-electron chi connectivity index (χ1n) is 25.6. The molecule has 0 saturated heterocycles. The van der Waals surface area contributed by atoms with Crippen molar-refractivity contribution in [2.75, 3.05) is 47.5 Å². The Bertz CT molecular complexity index is 1480. The maximum absolute atomic E-state index is 12.7. The molecule has 1 N–H and O–H groups in total. The summed E-state index contributed by atoms with van der Waals surface area (Å²) in [7, 11) is 1.42. The highest BCUT2D eigenvalue weighted by Crippen LogP contribution is 2.43. The van der Waals surface area contributed by atoms with Crippen molar-refractivity contribution in [1.29, 1.82) is 0 Å². The molecule has 2 unspecified atom stereocenters. The highest BCUT2D eigenvalue weighted by atomic mass is 31.2. The summed E-state index contributed by atoms with van der Waals surface area (Å²) < 4.78 is 34.4. The number of unbranched alkanes of at least 4 members (excludes halogenated alkanes) is 13. The molecule has 0 heterocycles. The quantitative estimate of drug-likeness (QED) is 0.0211. The molecule has 376 valence electrons. The lowest BCUT2D eigenvalue weighted by molar-refractivity contribution is -0.870. The summed E-state index contributed by atoms with van der Waals surface area (Å²) >= 11 is 0. The van der Waals surface area contributed by atoms with Crippen molar-refractivity contribution in [3.63, 3.8) is 0 Å². The van der Waals surface area contributed by atoms with Crippen LogP contribution >= 0.6 is 7.82 Å². The zero-order valence-corrected chi connectivity index (χ0v) is 43.3. The molecule has 9 nitrogen and oxygen atoms in total. The SMILES string of the molecule is CC/C=C\C/C=C\C/C=C\C/C=C\C/C=C\CCCC(=O)OC(COC(=O)CCCCCCCCCCCCCC/C=C\C/C=C\C/C=C\C/C=C\CC)COP(=O)(O)OCC[N+](C)(C)C. The number of phosphoric acid groups is 1. The Morgan fingerprint density at radius 1 is 0.470 bits per heavy atom. The Morgan fingerprint density at radius 3 is 1.26 bits per heavy atom. The maximum atomic E-state index is 12.7. The molecular weight excluding hydrogens is 846 g/mol. The monoisotopic (exact) mass is 941 g/mol. The third-order valence-electron chi connectivity index (χ3n) is 10.3. The molecule has 0 aliphatic heterocycles. The molecule has 0 aromatic carbocycles. The minimum atomic E-state index is -4.40. The highest BCUT2D eigenvalue weighted by Gasteiger charge is 2.27. The lowest BCUT2D eigenvalue weighted by atomic mass is 10.0. The minimum Gasteiger partial charge on any atom is -0.462 e. The number of carbonyl (C=O) groups is 2. The third-order valence-corrected chi connectivity index (χ3v) is 11.3. The first-order valence-corrected chi connectivity index (χ1v) is 27.1. The summed E-state index contributed by atoms with van der Waals surface area (Å²) in [5.41, 5.74) is 0. The Morgan fingerprint density at radius 2 is 0.833 bits per heavy atom. The molecule has 0 aliphatic rings. The largest absolute Gasteiger partial charge is 0.472 e. The predicted molar refractivity (Wildman–Crippen MR) is 279 cm³/mol. The molecule has 0 bridgehead atoms. The number of ether oxygens (including phenoxy) is 2. The van der Waals surface area contributed by atoms with Crippen molar-refractivity contribution in [3.05, 3.63) is 109 Å². The van der Waals surface area contributed by atoms with Crippen LogP contribution in [0.3, 0.4) is 0 Å². The van der Waals surface area contributed by atoms with Gasteiger partial charge in [-0.25, -0.2) is 4.57 Å². The summed E-state index contributed by atoms with van der Waals surface area (Å²) in [6.45, 7) is 4.12. The van der Waals surface area contributed by atoms with Gasteiger partial charge in [-0.15, -0.1) is 0 Å². The molecule has 0 saturated carbocycles. The Balaban J connectivity index is 4.30. The smallest absolute Gasteiger partial charge is 0.462 e. The Hall–Kier alpha value is -3.33. The summed E-state index contributed by atoms with van der Waals surface area (Å²) in [4.78, 5) is 35.5. The number of allylic oxidation sites excluding steroid dienone is 18. The van der Waals surface area contributed by atoms with Gasteiger partial charge in [0.05, 0.1) is 27.7 Å². The normalized spacial score (nSPS) is 14.3. The van der Waals surface area contributed by atoms with Gasteiger partial charge in [0.15, 0.2) is 6.10 Å². The van der Waals surface area contributed by atoms with Crippen LogP contribution < -0.4 is 0 Å². The van der Waals surface area contributed by atoms with Crippen molar-refractivity contribution in [2.45, 2.75) is 187 Å². The van der Waals surface area contributed by atoms with Crippen LogP contribution in [-0.2, 0) is 32.7 Å². The molecule has 2 atom stereocenters. The van der Waals surface area contributed by atoms with Gasteiger partial charge in [0, 0.05) is 12.8 Å². The molecule has 0 radical (unpaired) electrons. The fourth-order valence-corrected chi connectivity index (χ4v) is 7.13. The standard InChI is InChI=1S/C56H94NO8P/c1-6-8-10-12-14-16-18-20-22-24-25-26-27-28-29-30-31-33-34-36-38-40-42-44-46-48-55(58)62-52-54(53-64-66(60,61)63-51-50-57(3,4)5)65-56(59)49-47-45-43-41-39-37-35-32-23-21-19-17-15-13-11-9-7-2/h8-11,14-17,20-23,25-26,35,37,41,43,54H,6-7,12-13,18-19,24,27-34,36,38-40,42,44-53H2,1-5H3/p+1/b10-8-,11-9-,16-14-,17-15-,22-20-,23-21-,26-25-,37-35-,43-41-. The number of nitrogens with zero attached hydrogens (tertiary/aromatic N) is 1. The summed E-state index contributed by atoms with van der Waals surface area (Å²) in [6, 6.07) is 0. The average molecular weight is 941 g/mol. The van der Waals surface area contributed by atoms with E-state index in [4.69, 9.17) is 18.5 Å². The van der Waals surface area contributed by atoms with Gasteiger partial charge < -0.3 is 18.9 Å². The number of esters is 2. The Labute approximate surface area is 404 Å². The number of phosphoric ester groups is 1. The van der Waals surface area contributed by atoms with Gasteiger partial charge in [-0.2, -0.15) is 0 Å². The van der Waals surface area contributed by atoms with Crippen LogP contribution in [0.2, 0.25) is 0 Å². The van der Waals surface area contributed by atoms with Gasteiger partial charge in [0.25, 0.3) is 0 Å². The van der Waals surface area contributed by atoms with Crippen molar-refractivity contribution < 1.29 is 42.1 Å². The van der Waals surface area contributed by atoms with Crippen LogP contribution in [0.15, 0.2) is 109 Å². The molecule has 0 amide bonds. The highest BCUT2D eigenvalue weighted by molar-refractivity contribution is 7.47. The maximum Gasteiger partial charge on any atom is 0.472 e. The second-order valence-electron chi connectivity index (χ2n) is 17.8. The average Bonchev–Trinajstić information content (AvgIpc) is 3.27. The van der Waals surface area contributed by atoms with E-state index in [1.54, 1.807) is 0 Å². The van der Waals surface area contributed by atoms with E-state index < -0.39 is 26.5 Å². The summed E-state index contributed by atoms with van der Waals surface area (Å²) in [5, 5.41) is 0. The summed E-state index contributed by atoms with van der Waals surface area (Å²) in [6.07, 6.45) is 64.4. The molecule has 66 heavy (non-hydrogen) atoms. The van der Waals surface area contributed by atoms with E-state index in [1.165, 1.54) is 64.2 Å². The van der Waals surface area contributed by atoms with Crippen LogP contribution in [0.5, 0.6) is 0 Å². The van der Waals surface area contributed by atoms with Crippen LogP contribution in [0.25, 0.3) is 0 Å². The first-order chi connectivity index (χ1) is 32.0. The van der Waals surface area contributed by atoms with Gasteiger partial charge in [-0.1, -0.05) is 187 Å². The molecule has 0 fully saturated rings. The molecule has 10 heteroatoms. The van der Waals surface area contributed by atoms with Gasteiger partial charge in [-0.3, -0.25) is 18.6 Å². The van der Waals surface area contributed by atoms with Crippen LogP contribution in [-0.4, -0.2) is 74.9 Å². The molecular formula is C56H95NO8P+. The van der Waals surface area contributed by atoms with Gasteiger partial charge in [0.2, 0.25) is 0 Å². The number of likely N-dealkylation sites (N-methyl/N-ethyl adjacent to an activating group) is 1. The predicted octanol–water partition coefficient (Wildman–Crippen LogP) is 15.5. The van der Waals surface area contributed by atoms with E-state index in [1.807, 2.05) is 27.2 Å². The summed E-state index contributed by atoms with van der Waals surface area (Å²) in [5.74, 6) is -0.876. The van der Waals surface area contributed by atoms with Gasteiger partial charge in [0.1, 0.15) is 19.8 Å². The zero-order chi connectivity index (χ0) is 48.5. The third kappa shape index (κ3) is 50.1. The molecule has 0 rings (SSSR count). The van der Waals surface area contributed by atoms with E-state index in [0.29, 0.717) is 23.9 Å². The van der Waals surface area contributed by atoms with Crippen LogP contribution in [0.1, 0.15) is 181 Å². The lowest BCUT2D eigenvalue weighted by Crippen LogP contribution is -2.37. The number of rotatable bonds is 45. The van der Waals surface area contributed by atoms with Gasteiger partial charge >= 0.3 is 19.8 Å². The van der Waals surface area contributed by atoms with Crippen LogP contribution in [0.4, 0.5) is 0 Å². The number of quaternary nitrogens is 1. The number of hydrogen-bond acceptors (Lipinski definition) is 7. The van der Waals surface area contributed by atoms with Crippen LogP contribution in [0, 0.1) is 0 Å². The minimum absolute atomic E-state index is 0.0150. The second-order valence-corrected chi connectivity index (χ2v) is 19.2. The topological polar surface area (TPSA) is 108 Å². The fourth-order valence-electron chi connectivity index (χ4n) is 6.39. The van der Waals surface area contributed by atoms with E-state index in [9.17, 15) is 19.0 Å². The van der Waals surface area contributed by atoms with Crippen molar-refractivity contribution in [2.24, 2.45) is 0 Å². The van der Waals surface area contributed by atoms with E-state index in [2.05, 4.69) is 117 Å². The van der Waals surface area contributed by atoms with Crippen molar-refractivity contribution >= 4 is 19.8 Å². The van der Waals surface area contributed by atoms with Crippen molar-refractivity contribution in [3.8, 4) is 0 Å². The number of carbonyl (C=O) groups excluding carboxylic acids is 2. The van der Waals surface area contributed by atoms with E-state index in [-0.39, 0.29) is 32.0 Å². The molecule has 0 spiro atoms. The van der Waals surface area contributed by atoms with Gasteiger partial charge in [-0.05, 0) is 89.9 Å². The lowest BCUT2D eigenvalue weighted by Gasteiger charge is -2.24. The fraction of sp³-hybridized carbons (Fsp3) is 0.643. The molecule has 0 aromatic heterocycles. The second kappa shape index (κ2) is 46.8. The first kappa shape index (κ1) is 62.7. The molecule has 0 aromatic rings. The van der Waals surface area contributed by atoms with E-state index in [0.717, 1.165) is 77.0 Å². The number of hydrogen-bond donors (Lipinski definition) is 1. The van der Waals surface area contributed by atoms with Crippen molar-refractivity contribution in [1.82, 2.24) is 0 Å². The Kier molecular flexibility index (Phi) is 44.4.